The van der Waals surface area contributed by atoms with E-state index in [4.69, 9.17) is 0 Å². The normalized spacial score (nSPS) is 15.5. The minimum atomic E-state index is -0.351. The highest BCUT2D eigenvalue weighted by molar-refractivity contribution is 5.89. The lowest BCUT2D eigenvalue weighted by Gasteiger charge is -2.26. The maximum Gasteiger partial charge on any atom is 0.319 e. The van der Waals surface area contributed by atoms with E-state index in [1.807, 2.05) is 0 Å². The van der Waals surface area contributed by atoms with Crippen LogP contribution in [0.15, 0.2) is 24.3 Å². The zero-order valence-corrected chi connectivity index (χ0v) is 8.29. The Bertz CT molecular complexity index is 363. The Kier molecular flexibility index (Phi) is 2.85. The average molecular weight is 208 g/mol. The Morgan fingerprint density at radius 3 is 2.80 bits per heavy atom. The molecule has 1 aliphatic rings. The van der Waals surface area contributed by atoms with Crippen LogP contribution in [-0.4, -0.2) is 12.1 Å². The number of anilines is 1. The van der Waals surface area contributed by atoms with E-state index < -0.39 is 0 Å². The minimum absolute atomic E-state index is 0.259. The van der Waals surface area contributed by atoms with Crippen molar-refractivity contribution in [2.24, 2.45) is 0 Å². The van der Waals surface area contributed by atoms with Crippen molar-refractivity contribution < 1.29 is 9.18 Å². The van der Waals surface area contributed by atoms with Crippen LogP contribution in [0.5, 0.6) is 0 Å². The number of nitrogens with one attached hydrogen (secondary N) is 2. The van der Waals surface area contributed by atoms with Crippen molar-refractivity contribution in [3.8, 4) is 0 Å². The number of hydrogen-bond acceptors (Lipinski definition) is 1. The van der Waals surface area contributed by atoms with E-state index in [0.717, 1.165) is 12.8 Å². The summed E-state index contributed by atoms with van der Waals surface area (Å²) in [6, 6.07) is 5.89. The van der Waals surface area contributed by atoms with E-state index in [2.05, 4.69) is 10.6 Å². The van der Waals surface area contributed by atoms with Crippen molar-refractivity contribution in [1.29, 1.82) is 0 Å². The summed E-state index contributed by atoms with van der Waals surface area (Å²) < 4.78 is 12.8. The molecule has 2 N–H and O–H groups in total. The summed E-state index contributed by atoms with van der Waals surface area (Å²) >= 11 is 0. The molecule has 0 saturated heterocycles. The fourth-order valence-corrected chi connectivity index (χ4v) is 1.47. The third kappa shape index (κ3) is 2.68. The largest absolute Gasteiger partial charge is 0.335 e. The lowest BCUT2D eigenvalue weighted by molar-refractivity contribution is 0.240. The fraction of sp³-hybridized carbons (Fsp3) is 0.364. The maximum atomic E-state index is 12.8. The highest BCUT2D eigenvalue weighted by Crippen LogP contribution is 2.18. The van der Waals surface area contributed by atoms with Crippen molar-refractivity contribution in [2.45, 2.75) is 25.3 Å². The molecule has 1 aromatic carbocycles. The van der Waals surface area contributed by atoms with Gasteiger partial charge >= 0.3 is 6.03 Å². The molecule has 0 aliphatic heterocycles. The van der Waals surface area contributed by atoms with Crippen molar-refractivity contribution in [3.63, 3.8) is 0 Å². The Balaban J connectivity index is 1.87. The molecule has 0 heterocycles. The molecule has 15 heavy (non-hydrogen) atoms. The van der Waals surface area contributed by atoms with Crippen molar-refractivity contribution in [3.05, 3.63) is 30.1 Å². The molecule has 3 nitrogen and oxygen atoms in total. The third-order valence-electron chi connectivity index (χ3n) is 2.52. The van der Waals surface area contributed by atoms with Gasteiger partial charge in [-0.25, -0.2) is 9.18 Å². The van der Waals surface area contributed by atoms with Crippen molar-refractivity contribution in [2.75, 3.05) is 5.32 Å². The van der Waals surface area contributed by atoms with Crippen LogP contribution in [0.25, 0.3) is 0 Å². The summed E-state index contributed by atoms with van der Waals surface area (Å²) in [5, 5.41) is 5.40. The van der Waals surface area contributed by atoms with Gasteiger partial charge in [-0.3, -0.25) is 0 Å². The van der Waals surface area contributed by atoms with E-state index in [0.29, 0.717) is 11.7 Å². The maximum absolute atomic E-state index is 12.8. The second kappa shape index (κ2) is 4.29. The number of halogens is 1. The zero-order chi connectivity index (χ0) is 10.7. The van der Waals surface area contributed by atoms with Crippen LogP contribution in [0.4, 0.5) is 14.9 Å². The van der Waals surface area contributed by atoms with Gasteiger partial charge in [0, 0.05) is 11.7 Å². The van der Waals surface area contributed by atoms with Crippen LogP contribution in [0, 0.1) is 5.82 Å². The van der Waals surface area contributed by atoms with E-state index in [1.165, 1.54) is 18.6 Å². The van der Waals surface area contributed by atoms with Crippen molar-refractivity contribution >= 4 is 11.7 Å². The van der Waals surface area contributed by atoms with Gasteiger partial charge in [0.1, 0.15) is 5.82 Å². The molecule has 0 bridgehead atoms. The Morgan fingerprint density at radius 2 is 2.20 bits per heavy atom. The molecular formula is C11H13FN2O. The first-order chi connectivity index (χ1) is 7.24. The Labute approximate surface area is 87.7 Å². The molecule has 0 radical (unpaired) electrons. The van der Waals surface area contributed by atoms with Gasteiger partial charge in [-0.05, 0) is 37.5 Å². The first-order valence-electron chi connectivity index (χ1n) is 5.07. The monoisotopic (exact) mass is 208 g/mol. The summed E-state index contributed by atoms with van der Waals surface area (Å²) in [5.41, 5.74) is 0.479. The molecule has 4 heteroatoms. The minimum Gasteiger partial charge on any atom is -0.335 e. The predicted molar refractivity (Wildman–Crippen MR) is 56.2 cm³/mol. The van der Waals surface area contributed by atoms with Crippen LogP contribution in [0.3, 0.4) is 0 Å². The smallest absolute Gasteiger partial charge is 0.319 e. The number of rotatable bonds is 2. The van der Waals surface area contributed by atoms with Gasteiger partial charge in [0.15, 0.2) is 0 Å². The highest BCUT2D eigenvalue weighted by atomic mass is 19.1. The van der Waals surface area contributed by atoms with Crippen LogP contribution in [0.1, 0.15) is 19.3 Å². The molecule has 80 valence electrons. The summed E-state index contributed by atoms with van der Waals surface area (Å²) in [7, 11) is 0. The summed E-state index contributed by atoms with van der Waals surface area (Å²) in [5.74, 6) is -0.351. The van der Waals surface area contributed by atoms with Gasteiger partial charge in [0.25, 0.3) is 0 Å². The fourth-order valence-electron chi connectivity index (χ4n) is 1.47. The standard InChI is InChI=1S/C11H13FN2O/c12-8-3-1-6-10(7-8)14-11(15)13-9-4-2-5-9/h1,3,6-7,9H,2,4-5H2,(H2,13,14,15). The quantitative estimate of drug-likeness (QED) is 0.770. The van der Waals surface area contributed by atoms with Crippen LogP contribution < -0.4 is 10.6 Å². The number of benzene rings is 1. The molecule has 2 amide bonds. The second-order valence-electron chi connectivity index (χ2n) is 3.74. The predicted octanol–water partition coefficient (Wildman–Crippen LogP) is 2.50. The SMILES string of the molecule is O=C(Nc1cccc(F)c1)NC1CCC1. The van der Waals surface area contributed by atoms with E-state index >= 15 is 0 Å². The summed E-state index contributed by atoms with van der Waals surface area (Å²) in [4.78, 5) is 11.4. The molecule has 0 unspecified atom stereocenters. The average Bonchev–Trinajstić information content (AvgIpc) is 2.11. The number of urea groups is 1. The van der Waals surface area contributed by atoms with Gasteiger partial charge in [-0.1, -0.05) is 6.07 Å². The number of carbonyl (C=O) groups is 1. The molecule has 1 aliphatic carbocycles. The molecule has 1 aromatic rings. The molecule has 0 aromatic heterocycles. The van der Waals surface area contributed by atoms with Crippen LogP contribution in [0.2, 0.25) is 0 Å². The second-order valence-corrected chi connectivity index (χ2v) is 3.74. The van der Waals surface area contributed by atoms with Gasteiger partial charge in [0.05, 0.1) is 0 Å². The molecule has 2 rings (SSSR count). The number of hydrogen-bond donors (Lipinski definition) is 2. The Hall–Kier alpha value is -1.58. The first kappa shape index (κ1) is 9.96. The van der Waals surface area contributed by atoms with Gasteiger partial charge in [-0.2, -0.15) is 0 Å². The topological polar surface area (TPSA) is 41.1 Å². The number of carbonyl (C=O) groups excluding carboxylic acids is 1. The molecule has 0 spiro atoms. The lowest BCUT2D eigenvalue weighted by Crippen LogP contribution is -2.41. The van der Waals surface area contributed by atoms with Gasteiger partial charge in [-0.15, -0.1) is 0 Å². The van der Waals surface area contributed by atoms with E-state index in [-0.39, 0.29) is 11.8 Å². The molecule has 1 fully saturated rings. The number of amides is 2. The zero-order valence-electron chi connectivity index (χ0n) is 8.29. The van der Waals surface area contributed by atoms with Gasteiger partial charge in [0.2, 0.25) is 0 Å². The van der Waals surface area contributed by atoms with Crippen LogP contribution >= 0.6 is 0 Å². The summed E-state index contributed by atoms with van der Waals surface area (Å²) in [6.45, 7) is 0. The molecule has 0 atom stereocenters. The van der Waals surface area contributed by atoms with Crippen LogP contribution in [-0.2, 0) is 0 Å². The van der Waals surface area contributed by atoms with E-state index in [9.17, 15) is 9.18 Å². The van der Waals surface area contributed by atoms with Gasteiger partial charge < -0.3 is 10.6 Å². The Morgan fingerprint density at radius 1 is 1.40 bits per heavy atom. The summed E-state index contributed by atoms with van der Waals surface area (Å²) in [6.07, 6.45) is 3.25. The highest BCUT2D eigenvalue weighted by Gasteiger charge is 2.19. The van der Waals surface area contributed by atoms with Crippen molar-refractivity contribution in [1.82, 2.24) is 5.32 Å². The lowest BCUT2D eigenvalue weighted by atomic mass is 9.93. The molecule has 1 saturated carbocycles. The van der Waals surface area contributed by atoms with E-state index in [1.54, 1.807) is 12.1 Å². The first-order valence-corrected chi connectivity index (χ1v) is 5.07. The molecular weight excluding hydrogens is 195 g/mol. The third-order valence-corrected chi connectivity index (χ3v) is 2.52.